The molecule has 2 aromatic heterocycles. The number of amides is 1. The summed E-state index contributed by atoms with van der Waals surface area (Å²) in [7, 11) is 0. The standard InChI is InChI=1S/C24H22N6O/c31-24(22-14-25-8-9-27-22)30-11-10-29(16-21-13-26-17-28-21)23-7-6-19(12-20(23)15-30)18-4-2-1-3-5-18/h1-9,12-14,17H,10-11,15-16H2,(H,26,28). The van der Waals surface area contributed by atoms with Crippen LogP contribution >= 0.6 is 0 Å². The Morgan fingerprint density at radius 1 is 0.968 bits per heavy atom. The van der Waals surface area contributed by atoms with Crippen molar-refractivity contribution in [1.29, 1.82) is 0 Å². The Balaban J connectivity index is 1.51. The van der Waals surface area contributed by atoms with Crippen LogP contribution in [0.5, 0.6) is 0 Å². The molecule has 154 valence electrons. The number of fused-ring (bicyclic) bond motifs is 1. The number of aromatic nitrogens is 4. The highest BCUT2D eigenvalue weighted by Gasteiger charge is 2.25. The van der Waals surface area contributed by atoms with Gasteiger partial charge in [-0.25, -0.2) is 9.97 Å². The number of rotatable bonds is 4. The van der Waals surface area contributed by atoms with Gasteiger partial charge in [-0.2, -0.15) is 0 Å². The lowest BCUT2D eigenvalue weighted by molar-refractivity contribution is 0.0745. The smallest absolute Gasteiger partial charge is 0.274 e. The average Bonchev–Trinajstić information content (AvgIpc) is 3.28. The monoisotopic (exact) mass is 410 g/mol. The predicted molar refractivity (Wildman–Crippen MR) is 118 cm³/mol. The van der Waals surface area contributed by atoms with Crippen molar-refractivity contribution in [1.82, 2.24) is 24.8 Å². The van der Waals surface area contributed by atoms with Crippen LogP contribution < -0.4 is 4.90 Å². The third kappa shape index (κ3) is 4.02. The Bertz CT molecular complexity index is 1160. The van der Waals surface area contributed by atoms with Gasteiger partial charge in [0, 0.05) is 43.9 Å². The van der Waals surface area contributed by atoms with Gasteiger partial charge in [0.25, 0.3) is 5.91 Å². The molecule has 7 heteroatoms. The molecule has 1 aliphatic heterocycles. The molecule has 3 heterocycles. The van der Waals surface area contributed by atoms with E-state index in [0.717, 1.165) is 28.1 Å². The molecule has 1 aliphatic rings. The molecule has 2 aromatic carbocycles. The van der Waals surface area contributed by atoms with Crippen molar-refractivity contribution >= 4 is 11.6 Å². The average molecular weight is 410 g/mol. The van der Waals surface area contributed by atoms with Gasteiger partial charge in [0.1, 0.15) is 5.69 Å². The van der Waals surface area contributed by atoms with Crippen molar-refractivity contribution in [3.8, 4) is 11.1 Å². The van der Waals surface area contributed by atoms with Crippen LogP contribution in [0.4, 0.5) is 5.69 Å². The second kappa shape index (κ2) is 8.39. The van der Waals surface area contributed by atoms with Gasteiger partial charge in [-0.3, -0.25) is 9.78 Å². The number of hydrogen-bond donors (Lipinski definition) is 1. The summed E-state index contributed by atoms with van der Waals surface area (Å²) in [4.78, 5) is 32.9. The van der Waals surface area contributed by atoms with Gasteiger partial charge >= 0.3 is 0 Å². The highest BCUT2D eigenvalue weighted by atomic mass is 16.2. The number of carbonyl (C=O) groups excluding carboxylic acids is 1. The zero-order valence-electron chi connectivity index (χ0n) is 17.0. The maximum absolute atomic E-state index is 13.1. The number of benzene rings is 2. The summed E-state index contributed by atoms with van der Waals surface area (Å²) >= 11 is 0. The topological polar surface area (TPSA) is 78.0 Å². The number of nitrogens with one attached hydrogen (secondary N) is 1. The third-order valence-electron chi connectivity index (χ3n) is 5.51. The lowest BCUT2D eigenvalue weighted by atomic mass is 10.0. The van der Waals surface area contributed by atoms with Crippen LogP contribution in [-0.2, 0) is 13.1 Å². The van der Waals surface area contributed by atoms with Crippen molar-refractivity contribution in [2.75, 3.05) is 18.0 Å². The van der Waals surface area contributed by atoms with Gasteiger partial charge in [-0.05, 0) is 28.8 Å². The highest BCUT2D eigenvalue weighted by Crippen LogP contribution is 2.31. The van der Waals surface area contributed by atoms with Gasteiger partial charge in [0.15, 0.2) is 0 Å². The fourth-order valence-corrected chi connectivity index (χ4v) is 3.96. The van der Waals surface area contributed by atoms with E-state index in [1.807, 2.05) is 29.3 Å². The van der Waals surface area contributed by atoms with Gasteiger partial charge in [0.2, 0.25) is 0 Å². The Labute approximate surface area is 180 Å². The molecule has 0 spiro atoms. The van der Waals surface area contributed by atoms with Crippen molar-refractivity contribution in [3.05, 3.63) is 96.6 Å². The van der Waals surface area contributed by atoms with Crippen LogP contribution in [0.3, 0.4) is 0 Å². The number of hydrogen-bond acceptors (Lipinski definition) is 5. The molecule has 7 nitrogen and oxygen atoms in total. The van der Waals surface area contributed by atoms with E-state index < -0.39 is 0 Å². The van der Waals surface area contributed by atoms with Gasteiger partial charge < -0.3 is 14.8 Å². The first-order chi connectivity index (χ1) is 15.3. The number of imidazole rings is 1. The number of anilines is 1. The van der Waals surface area contributed by atoms with Crippen molar-refractivity contribution in [2.45, 2.75) is 13.1 Å². The Morgan fingerprint density at radius 2 is 1.87 bits per heavy atom. The molecule has 0 aliphatic carbocycles. The third-order valence-corrected chi connectivity index (χ3v) is 5.51. The zero-order valence-corrected chi connectivity index (χ0v) is 17.0. The predicted octanol–water partition coefficient (Wildman–Crippen LogP) is 3.53. The molecule has 0 fully saturated rings. The largest absolute Gasteiger partial charge is 0.364 e. The van der Waals surface area contributed by atoms with Crippen LogP contribution in [0.2, 0.25) is 0 Å². The van der Waals surface area contributed by atoms with Gasteiger partial charge in [-0.15, -0.1) is 0 Å². The molecule has 0 saturated carbocycles. The fraction of sp³-hybridized carbons (Fsp3) is 0.167. The summed E-state index contributed by atoms with van der Waals surface area (Å²) in [6.07, 6.45) is 8.18. The van der Waals surface area contributed by atoms with E-state index in [4.69, 9.17) is 0 Å². The minimum absolute atomic E-state index is 0.104. The summed E-state index contributed by atoms with van der Waals surface area (Å²) in [6.45, 7) is 2.53. The van der Waals surface area contributed by atoms with Crippen LogP contribution in [0.25, 0.3) is 11.1 Å². The molecule has 4 aromatic rings. The molecule has 1 N–H and O–H groups in total. The van der Waals surface area contributed by atoms with Gasteiger partial charge in [-0.1, -0.05) is 36.4 Å². The summed E-state index contributed by atoms with van der Waals surface area (Å²) in [5.74, 6) is -0.104. The summed E-state index contributed by atoms with van der Waals surface area (Å²) in [6, 6.07) is 16.8. The maximum Gasteiger partial charge on any atom is 0.274 e. The molecule has 1 amide bonds. The normalized spacial score (nSPS) is 13.5. The Morgan fingerprint density at radius 3 is 2.65 bits per heavy atom. The molecule has 0 atom stereocenters. The highest BCUT2D eigenvalue weighted by molar-refractivity contribution is 5.92. The molecule has 5 rings (SSSR count). The summed E-state index contributed by atoms with van der Waals surface area (Å²) in [5.41, 5.74) is 5.92. The molecule has 0 bridgehead atoms. The number of aromatic amines is 1. The molecule has 0 radical (unpaired) electrons. The van der Waals surface area contributed by atoms with Crippen molar-refractivity contribution in [3.63, 3.8) is 0 Å². The second-order valence-corrected chi connectivity index (χ2v) is 7.53. The first kappa shape index (κ1) is 19.0. The van der Waals surface area contributed by atoms with Crippen LogP contribution in [0.15, 0.2) is 79.6 Å². The zero-order chi connectivity index (χ0) is 21.0. The lowest BCUT2D eigenvalue weighted by Gasteiger charge is -2.24. The summed E-state index contributed by atoms with van der Waals surface area (Å²) in [5, 5.41) is 0. The van der Waals surface area contributed by atoms with Crippen LogP contribution in [0, 0.1) is 0 Å². The van der Waals surface area contributed by atoms with Crippen molar-refractivity contribution in [2.24, 2.45) is 0 Å². The molecular weight excluding hydrogens is 388 g/mol. The van der Waals surface area contributed by atoms with E-state index in [1.54, 1.807) is 18.7 Å². The minimum atomic E-state index is -0.104. The fourth-order valence-electron chi connectivity index (χ4n) is 3.96. The number of carbonyl (C=O) groups is 1. The van der Waals surface area contributed by atoms with E-state index in [9.17, 15) is 4.79 Å². The lowest BCUT2D eigenvalue weighted by Crippen LogP contribution is -2.35. The first-order valence-corrected chi connectivity index (χ1v) is 10.2. The van der Waals surface area contributed by atoms with Crippen LogP contribution in [0.1, 0.15) is 21.7 Å². The van der Waals surface area contributed by atoms with E-state index >= 15 is 0 Å². The quantitative estimate of drug-likeness (QED) is 0.557. The van der Waals surface area contributed by atoms with Crippen molar-refractivity contribution < 1.29 is 4.79 Å². The maximum atomic E-state index is 13.1. The van der Waals surface area contributed by atoms with Gasteiger partial charge in [0.05, 0.1) is 24.8 Å². The molecule has 31 heavy (non-hydrogen) atoms. The Kier molecular flexibility index (Phi) is 5.14. The molecule has 0 saturated heterocycles. The Hall–Kier alpha value is -4.00. The molecule has 0 unspecified atom stereocenters. The van der Waals surface area contributed by atoms with E-state index in [2.05, 4.69) is 55.2 Å². The van der Waals surface area contributed by atoms with E-state index in [1.165, 1.54) is 6.20 Å². The number of H-pyrrole nitrogens is 1. The SMILES string of the molecule is O=C(c1cnccn1)N1CCN(Cc2cnc[nH]2)c2ccc(-c3ccccc3)cc2C1. The number of nitrogens with zero attached hydrogens (tertiary/aromatic N) is 5. The molecular formula is C24H22N6O. The minimum Gasteiger partial charge on any atom is -0.364 e. The van der Waals surface area contributed by atoms with E-state index in [0.29, 0.717) is 31.9 Å². The van der Waals surface area contributed by atoms with E-state index in [-0.39, 0.29) is 5.91 Å². The van der Waals surface area contributed by atoms with Crippen LogP contribution in [-0.4, -0.2) is 43.8 Å². The first-order valence-electron chi connectivity index (χ1n) is 10.2. The summed E-state index contributed by atoms with van der Waals surface area (Å²) < 4.78 is 0. The second-order valence-electron chi connectivity index (χ2n) is 7.53.